The van der Waals surface area contributed by atoms with E-state index in [0.29, 0.717) is 38.5 Å². The third-order valence-electron chi connectivity index (χ3n) is 6.13. The zero-order chi connectivity index (χ0) is 25.0. The molecule has 3 aromatic rings. The highest BCUT2D eigenvalue weighted by Crippen LogP contribution is 2.21. The number of aryl methyl sites for hydroxylation is 1. The Morgan fingerprint density at radius 2 is 1.80 bits per heavy atom. The third kappa shape index (κ3) is 5.62. The van der Waals surface area contributed by atoms with Crippen molar-refractivity contribution < 1.29 is 17.9 Å². The number of ether oxygens (including phenoxy) is 1. The van der Waals surface area contributed by atoms with E-state index >= 15 is 0 Å². The minimum Gasteiger partial charge on any atom is -0.379 e. The Morgan fingerprint density at radius 3 is 2.51 bits per heavy atom. The van der Waals surface area contributed by atoms with Gasteiger partial charge in [0.15, 0.2) is 0 Å². The molecule has 0 unspecified atom stereocenters. The molecule has 1 saturated heterocycles. The van der Waals surface area contributed by atoms with Crippen molar-refractivity contribution in [3.8, 4) is 5.69 Å². The van der Waals surface area contributed by atoms with Gasteiger partial charge >= 0.3 is 0 Å². The average Bonchev–Trinajstić information content (AvgIpc) is 3.16. The number of nitrogens with zero attached hydrogens (tertiary/aromatic N) is 3. The van der Waals surface area contributed by atoms with Crippen LogP contribution in [0.15, 0.2) is 59.5 Å². The number of carbonyl (C=O) groups excluding carboxylic acids is 1. The molecule has 0 radical (unpaired) electrons. The average molecular weight is 498 g/mol. The number of carbonyl (C=O) groups is 1. The van der Waals surface area contributed by atoms with E-state index in [4.69, 9.17) is 4.74 Å². The van der Waals surface area contributed by atoms with E-state index in [1.54, 1.807) is 19.1 Å². The van der Waals surface area contributed by atoms with E-state index in [1.165, 1.54) is 16.4 Å². The lowest BCUT2D eigenvalue weighted by Gasteiger charge is -2.26. The van der Waals surface area contributed by atoms with Crippen LogP contribution in [0.3, 0.4) is 0 Å². The first-order chi connectivity index (χ1) is 16.8. The second-order valence-corrected chi connectivity index (χ2v) is 10.5. The number of anilines is 1. The van der Waals surface area contributed by atoms with Crippen LogP contribution in [0.1, 0.15) is 23.9 Å². The molecule has 2 aromatic carbocycles. The van der Waals surface area contributed by atoms with E-state index in [9.17, 15) is 13.2 Å². The number of aromatic nitrogens is 2. The molecule has 0 bridgehead atoms. The molecule has 35 heavy (non-hydrogen) atoms. The summed E-state index contributed by atoms with van der Waals surface area (Å²) in [5.74, 6) is -0.253. The fourth-order valence-electron chi connectivity index (χ4n) is 4.02. The highest BCUT2D eigenvalue weighted by atomic mass is 32.2. The van der Waals surface area contributed by atoms with E-state index < -0.39 is 16.1 Å². The van der Waals surface area contributed by atoms with Crippen LogP contribution >= 0.6 is 0 Å². The van der Waals surface area contributed by atoms with Crippen molar-refractivity contribution in [2.75, 3.05) is 31.6 Å². The molecule has 1 atom stereocenters. The Bertz CT molecular complexity index is 1280. The predicted molar refractivity (Wildman–Crippen MR) is 134 cm³/mol. The smallest absolute Gasteiger partial charge is 0.243 e. The summed E-state index contributed by atoms with van der Waals surface area (Å²) in [7, 11) is -3.64. The van der Waals surface area contributed by atoms with Crippen molar-refractivity contribution in [2.24, 2.45) is 0 Å². The van der Waals surface area contributed by atoms with Crippen LogP contribution < -0.4 is 10.6 Å². The van der Waals surface area contributed by atoms with Crippen LogP contribution in [0.4, 0.5) is 5.69 Å². The molecule has 1 amide bonds. The summed E-state index contributed by atoms with van der Waals surface area (Å²) >= 11 is 0. The molecule has 4 rings (SSSR count). The Labute approximate surface area is 206 Å². The molecule has 186 valence electrons. The monoisotopic (exact) mass is 497 g/mol. The van der Waals surface area contributed by atoms with Crippen molar-refractivity contribution in [1.82, 2.24) is 19.4 Å². The summed E-state index contributed by atoms with van der Waals surface area (Å²) < 4.78 is 34.4. The molecule has 1 aromatic heterocycles. The molecule has 2 N–H and O–H groups in total. The van der Waals surface area contributed by atoms with Crippen molar-refractivity contribution in [3.05, 3.63) is 71.5 Å². The molecular weight excluding hydrogens is 466 g/mol. The third-order valence-corrected chi connectivity index (χ3v) is 8.02. The lowest BCUT2D eigenvalue weighted by Crippen LogP contribution is -2.40. The number of sulfonamides is 1. The molecule has 0 saturated carbocycles. The van der Waals surface area contributed by atoms with Gasteiger partial charge in [0.05, 0.1) is 35.5 Å². The van der Waals surface area contributed by atoms with E-state index in [-0.39, 0.29) is 10.8 Å². The van der Waals surface area contributed by atoms with Gasteiger partial charge in [0.25, 0.3) is 0 Å². The standard InChI is InChI=1S/C25H31N5O4S/c1-18-24(20(3)30(28-18)22-9-5-4-6-10-22)17-26-19(2)25(31)27-21-8-7-11-23(16-21)35(32,33)29-12-14-34-15-13-29/h4-11,16,19,26H,12-15,17H2,1-3H3,(H,27,31)/t19-/m0/s1. The van der Waals surface area contributed by atoms with Gasteiger partial charge in [-0.3, -0.25) is 4.79 Å². The summed E-state index contributed by atoms with van der Waals surface area (Å²) in [6.07, 6.45) is 0. The molecule has 1 fully saturated rings. The number of rotatable bonds is 8. The summed E-state index contributed by atoms with van der Waals surface area (Å²) in [4.78, 5) is 13.0. The largest absolute Gasteiger partial charge is 0.379 e. The first kappa shape index (κ1) is 25.1. The zero-order valence-corrected chi connectivity index (χ0v) is 21.0. The molecule has 1 aliphatic rings. The zero-order valence-electron chi connectivity index (χ0n) is 20.2. The number of benzene rings is 2. The van der Waals surface area contributed by atoms with Gasteiger partial charge in [-0.2, -0.15) is 9.40 Å². The maximum Gasteiger partial charge on any atom is 0.243 e. The van der Waals surface area contributed by atoms with Gasteiger partial charge in [0, 0.05) is 36.6 Å². The summed E-state index contributed by atoms with van der Waals surface area (Å²) in [6, 6.07) is 15.7. The quantitative estimate of drug-likeness (QED) is 0.496. The minimum absolute atomic E-state index is 0.150. The van der Waals surface area contributed by atoms with Crippen molar-refractivity contribution in [2.45, 2.75) is 38.3 Å². The molecule has 0 aliphatic carbocycles. The van der Waals surface area contributed by atoms with Crippen molar-refractivity contribution in [3.63, 3.8) is 0 Å². The Morgan fingerprint density at radius 1 is 1.09 bits per heavy atom. The Hall–Kier alpha value is -3.05. The molecule has 1 aliphatic heterocycles. The van der Waals surface area contributed by atoms with Crippen LogP contribution in [0, 0.1) is 13.8 Å². The SMILES string of the molecule is Cc1nn(-c2ccccc2)c(C)c1CN[C@@H](C)C(=O)Nc1cccc(S(=O)(=O)N2CCOCC2)c1. The van der Waals surface area contributed by atoms with Gasteiger partial charge in [0.1, 0.15) is 0 Å². The lowest BCUT2D eigenvalue weighted by atomic mass is 10.1. The van der Waals surface area contributed by atoms with E-state index in [1.807, 2.05) is 48.9 Å². The minimum atomic E-state index is -3.64. The number of para-hydroxylation sites is 1. The van der Waals surface area contributed by atoms with Gasteiger partial charge in [-0.05, 0) is 51.1 Å². The Balaban J connectivity index is 1.40. The maximum atomic E-state index is 12.9. The number of amides is 1. The summed E-state index contributed by atoms with van der Waals surface area (Å²) in [6.45, 7) is 7.60. The number of hydrogen-bond donors (Lipinski definition) is 2. The van der Waals surface area contributed by atoms with Gasteiger partial charge in [-0.1, -0.05) is 24.3 Å². The second kappa shape index (κ2) is 10.7. The first-order valence-corrected chi connectivity index (χ1v) is 13.0. The fraction of sp³-hybridized carbons (Fsp3) is 0.360. The van der Waals surface area contributed by atoms with E-state index in [2.05, 4.69) is 15.7 Å². The molecule has 9 nitrogen and oxygen atoms in total. The topological polar surface area (TPSA) is 106 Å². The first-order valence-electron chi connectivity index (χ1n) is 11.6. The molecule has 2 heterocycles. The number of nitrogens with one attached hydrogen (secondary N) is 2. The van der Waals surface area contributed by atoms with Crippen LogP contribution in [0.2, 0.25) is 0 Å². The van der Waals surface area contributed by atoms with E-state index in [0.717, 1.165) is 22.6 Å². The van der Waals surface area contributed by atoms with Crippen LogP contribution in [0.25, 0.3) is 5.69 Å². The highest BCUT2D eigenvalue weighted by molar-refractivity contribution is 7.89. The van der Waals surface area contributed by atoms with Gasteiger partial charge in [0.2, 0.25) is 15.9 Å². The predicted octanol–water partition coefficient (Wildman–Crippen LogP) is 2.63. The number of morpholine rings is 1. The highest BCUT2D eigenvalue weighted by Gasteiger charge is 2.26. The van der Waals surface area contributed by atoms with Gasteiger partial charge in [-0.15, -0.1) is 0 Å². The van der Waals surface area contributed by atoms with Gasteiger partial charge < -0.3 is 15.4 Å². The number of hydrogen-bond acceptors (Lipinski definition) is 6. The van der Waals surface area contributed by atoms with Crippen molar-refractivity contribution in [1.29, 1.82) is 0 Å². The molecular formula is C25H31N5O4S. The second-order valence-electron chi connectivity index (χ2n) is 8.53. The lowest BCUT2D eigenvalue weighted by molar-refractivity contribution is -0.117. The van der Waals surface area contributed by atoms with Crippen LogP contribution in [0.5, 0.6) is 0 Å². The van der Waals surface area contributed by atoms with Crippen LogP contribution in [-0.2, 0) is 26.1 Å². The molecule has 0 spiro atoms. The molecule has 10 heteroatoms. The van der Waals surface area contributed by atoms with Gasteiger partial charge in [-0.25, -0.2) is 13.1 Å². The Kier molecular flexibility index (Phi) is 7.66. The summed E-state index contributed by atoms with van der Waals surface area (Å²) in [5, 5.41) is 10.7. The fourth-order valence-corrected chi connectivity index (χ4v) is 5.47. The van der Waals surface area contributed by atoms with Crippen LogP contribution in [-0.4, -0.2) is 60.8 Å². The van der Waals surface area contributed by atoms with Crippen molar-refractivity contribution >= 4 is 21.6 Å². The summed E-state index contributed by atoms with van der Waals surface area (Å²) in [5.41, 5.74) is 4.36. The normalized spacial score (nSPS) is 15.6. The maximum absolute atomic E-state index is 12.9.